The molecule has 5 nitrogen and oxygen atoms in total. The lowest BCUT2D eigenvalue weighted by Gasteiger charge is -1.99. The first-order valence-electron chi connectivity index (χ1n) is 5.27. The molecular weight excluding hydrogens is 250 g/mol. The van der Waals surface area contributed by atoms with E-state index in [2.05, 4.69) is 16.3 Å². The largest absolute Gasteiger partial charge is 0.497 e. The molecule has 0 spiro atoms. The lowest BCUT2D eigenvalue weighted by atomic mass is 10.2. The Morgan fingerprint density at radius 3 is 2.67 bits per heavy atom. The van der Waals surface area contributed by atoms with Gasteiger partial charge in [-0.1, -0.05) is 0 Å². The summed E-state index contributed by atoms with van der Waals surface area (Å²) in [6.45, 7) is 1.78. The van der Waals surface area contributed by atoms with E-state index in [1.165, 1.54) is 11.8 Å². The second kappa shape index (κ2) is 5.56. The number of ether oxygens (including phenoxy) is 1. The summed E-state index contributed by atoms with van der Waals surface area (Å²) < 4.78 is 10.5. The molecule has 0 saturated carbocycles. The summed E-state index contributed by atoms with van der Waals surface area (Å²) in [5, 5.41) is 16.7. The minimum Gasteiger partial charge on any atom is -0.497 e. The fourth-order valence-corrected chi connectivity index (χ4v) is 1.86. The lowest BCUT2D eigenvalue weighted by Crippen LogP contribution is -1.88. The topological polar surface area (TPSA) is 71.9 Å². The third-order valence-electron chi connectivity index (χ3n) is 2.20. The second-order valence-corrected chi connectivity index (χ2v) is 4.78. The molecule has 92 valence electrons. The molecule has 0 bridgehead atoms. The van der Waals surface area contributed by atoms with Gasteiger partial charge in [-0.2, -0.15) is 5.26 Å². The van der Waals surface area contributed by atoms with E-state index >= 15 is 0 Å². The first-order valence-corrected chi connectivity index (χ1v) is 6.15. The van der Waals surface area contributed by atoms with Crippen molar-refractivity contribution in [3.63, 3.8) is 0 Å². The van der Waals surface area contributed by atoms with Gasteiger partial charge in [0.1, 0.15) is 5.75 Å². The average Bonchev–Trinajstić information content (AvgIpc) is 2.87. The zero-order chi connectivity index (χ0) is 13.0. The molecule has 0 aliphatic heterocycles. The minimum atomic E-state index is -0.214. The van der Waals surface area contributed by atoms with Gasteiger partial charge >= 0.3 is 0 Å². The van der Waals surface area contributed by atoms with E-state index in [0.717, 1.165) is 11.3 Å². The fourth-order valence-electron chi connectivity index (χ4n) is 1.29. The normalized spacial score (nSPS) is 11.8. The molecule has 0 saturated heterocycles. The van der Waals surface area contributed by atoms with Crippen molar-refractivity contribution < 1.29 is 9.15 Å². The second-order valence-electron chi connectivity index (χ2n) is 3.49. The molecule has 1 atom stereocenters. The van der Waals surface area contributed by atoms with E-state index in [0.29, 0.717) is 11.1 Å². The van der Waals surface area contributed by atoms with Gasteiger partial charge in [0.25, 0.3) is 5.22 Å². The highest BCUT2D eigenvalue weighted by molar-refractivity contribution is 7.99. The molecule has 0 unspecified atom stereocenters. The van der Waals surface area contributed by atoms with Crippen LogP contribution in [-0.4, -0.2) is 22.6 Å². The third kappa shape index (κ3) is 2.81. The van der Waals surface area contributed by atoms with Crippen LogP contribution in [0.1, 0.15) is 6.92 Å². The first-order chi connectivity index (χ1) is 8.72. The lowest BCUT2D eigenvalue weighted by molar-refractivity contribution is 0.414. The number of benzene rings is 1. The van der Waals surface area contributed by atoms with Gasteiger partial charge in [-0.3, -0.25) is 0 Å². The van der Waals surface area contributed by atoms with E-state index in [-0.39, 0.29) is 5.25 Å². The van der Waals surface area contributed by atoms with Crippen molar-refractivity contribution in [1.29, 1.82) is 5.26 Å². The average molecular weight is 261 g/mol. The number of nitrogens with zero attached hydrogens (tertiary/aromatic N) is 3. The van der Waals surface area contributed by atoms with E-state index < -0.39 is 0 Å². The molecule has 0 fully saturated rings. The van der Waals surface area contributed by atoms with Crippen LogP contribution in [0.15, 0.2) is 33.9 Å². The van der Waals surface area contributed by atoms with Crippen LogP contribution in [0, 0.1) is 11.3 Å². The number of hydrogen-bond acceptors (Lipinski definition) is 6. The monoisotopic (exact) mass is 261 g/mol. The van der Waals surface area contributed by atoms with E-state index in [1.54, 1.807) is 14.0 Å². The standard InChI is InChI=1S/C12H11N3O2S/c1-8(7-13)18-12-15-14-11(17-12)9-3-5-10(16-2)6-4-9/h3-6,8H,1-2H3/t8-/m0/s1. The van der Waals surface area contributed by atoms with Crippen LogP contribution in [0.2, 0.25) is 0 Å². The number of methoxy groups -OCH3 is 1. The molecule has 0 radical (unpaired) electrons. The molecule has 0 aliphatic rings. The highest BCUT2D eigenvalue weighted by Crippen LogP contribution is 2.26. The number of hydrogen-bond donors (Lipinski definition) is 0. The SMILES string of the molecule is COc1ccc(-c2nnc(S[C@@H](C)C#N)o2)cc1. The Balaban J connectivity index is 2.16. The van der Waals surface area contributed by atoms with Crippen LogP contribution in [-0.2, 0) is 0 Å². The summed E-state index contributed by atoms with van der Waals surface area (Å²) in [5.74, 6) is 1.20. The van der Waals surface area contributed by atoms with Crippen LogP contribution in [0.4, 0.5) is 0 Å². The summed E-state index contributed by atoms with van der Waals surface area (Å²) in [5.41, 5.74) is 0.819. The van der Waals surface area contributed by atoms with Gasteiger partial charge in [0.05, 0.1) is 18.4 Å². The van der Waals surface area contributed by atoms with E-state index in [1.807, 2.05) is 24.3 Å². The maximum atomic E-state index is 8.70. The summed E-state index contributed by atoms with van der Waals surface area (Å²) in [4.78, 5) is 0. The van der Waals surface area contributed by atoms with Crippen molar-refractivity contribution >= 4 is 11.8 Å². The Labute approximate surface area is 109 Å². The molecular formula is C12H11N3O2S. The quantitative estimate of drug-likeness (QED) is 0.788. The zero-order valence-corrected chi connectivity index (χ0v) is 10.8. The van der Waals surface area contributed by atoms with Gasteiger partial charge in [0, 0.05) is 5.56 Å². The number of rotatable bonds is 4. The predicted molar refractivity (Wildman–Crippen MR) is 67.2 cm³/mol. The van der Waals surface area contributed by atoms with Crippen molar-refractivity contribution in [2.75, 3.05) is 7.11 Å². The number of nitriles is 1. The van der Waals surface area contributed by atoms with Gasteiger partial charge in [0.2, 0.25) is 5.89 Å². The predicted octanol–water partition coefficient (Wildman–Crippen LogP) is 2.75. The smallest absolute Gasteiger partial charge is 0.278 e. The molecule has 18 heavy (non-hydrogen) atoms. The Hall–Kier alpha value is -2.00. The van der Waals surface area contributed by atoms with Crippen LogP contribution in [0.3, 0.4) is 0 Å². The van der Waals surface area contributed by atoms with Crippen molar-refractivity contribution in [1.82, 2.24) is 10.2 Å². The van der Waals surface area contributed by atoms with Gasteiger partial charge in [-0.25, -0.2) is 0 Å². The maximum Gasteiger partial charge on any atom is 0.278 e. The molecule has 1 aromatic carbocycles. The maximum absolute atomic E-state index is 8.70. The highest BCUT2D eigenvalue weighted by Gasteiger charge is 2.12. The molecule has 2 aromatic rings. The van der Waals surface area contributed by atoms with Gasteiger partial charge in [-0.15, -0.1) is 10.2 Å². The summed E-state index contributed by atoms with van der Waals surface area (Å²) >= 11 is 1.24. The molecule has 0 aliphatic carbocycles. The van der Waals surface area contributed by atoms with Gasteiger partial charge in [-0.05, 0) is 43.0 Å². The zero-order valence-electron chi connectivity index (χ0n) is 9.95. The number of thioether (sulfide) groups is 1. The molecule has 0 N–H and O–H groups in total. The highest BCUT2D eigenvalue weighted by atomic mass is 32.2. The van der Waals surface area contributed by atoms with Crippen LogP contribution in [0.5, 0.6) is 5.75 Å². The third-order valence-corrected chi connectivity index (χ3v) is 3.03. The van der Waals surface area contributed by atoms with Gasteiger partial charge in [0.15, 0.2) is 0 Å². The van der Waals surface area contributed by atoms with E-state index in [4.69, 9.17) is 14.4 Å². The minimum absolute atomic E-state index is 0.214. The first kappa shape index (κ1) is 12.5. The molecule has 0 amide bonds. The Kier molecular flexibility index (Phi) is 3.85. The van der Waals surface area contributed by atoms with Crippen molar-refractivity contribution in [2.24, 2.45) is 0 Å². The van der Waals surface area contributed by atoms with Crippen LogP contribution in [0.25, 0.3) is 11.5 Å². The van der Waals surface area contributed by atoms with Crippen molar-refractivity contribution in [3.05, 3.63) is 24.3 Å². The summed E-state index contributed by atoms with van der Waals surface area (Å²) in [6, 6.07) is 9.43. The van der Waals surface area contributed by atoms with E-state index in [9.17, 15) is 0 Å². The molecule has 2 rings (SSSR count). The summed E-state index contributed by atoms with van der Waals surface area (Å²) in [6.07, 6.45) is 0. The van der Waals surface area contributed by atoms with Crippen molar-refractivity contribution in [3.8, 4) is 23.3 Å². The molecule has 1 heterocycles. The Bertz CT molecular complexity index is 559. The van der Waals surface area contributed by atoms with Crippen LogP contribution < -0.4 is 4.74 Å². The Morgan fingerprint density at radius 2 is 2.06 bits per heavy atom. The van der Waals surface area contributed by atoms with Crippen molar-refractivity contribution in [2.45, 2.75) is 17.4 Å². The number of aromatic nitrogens is 2. The molecule has 6 heteroatoms. The summed E-state index contributed by atoms with van der Waals surface area (Å²) in [7, 11) is 1.61. The van der Waals surface area contributed by atoms with Crippen LogP contribution >= 0.6 is 11.8 Å². The molecule has 1 aromatic heterocycles. The Morgan fingerprint density at radius 1 is 1.33 bits per heavy atom. The van der Waals surface area contributed by atoms with Gasteiger partial charge < -0.3 is 9.15 Å². The fraction of sp³-hybridized carbons (Fsp3) is 0.250.